The van der Waals surface area contributed by atoms with Gasteiger partial charge in [-0.25, -0.2) is 26.7 Å². The van der Waals surface area contributed by atoms with Gasteiger partial charge in [-0.05, 0) is 48.5 Å². The molecule has 0 saturated heterocycles. The van der Waals surface area contributed by atoms with Gasteiger partial charge in [0.25, 0.3) is 0 Å². The molecular weight excluding hydrogens is 402 g/mol. The minimum atomic E-state index is -3.75. The molecule has 3 N–H and O–H groups in total. The third-order valence-electron chi connectivity index (χ3n) is 3.68. The number of benzene rings is 2. The zero-order valence-corrected chi connectivity index (χ0v) is 16.2. The van der Waals surface area contributed by atoms with E-state index in [2.05, 4.69) is 9.71 Å². The summed E-state index contributed by atoms with van der Waals surface area (Å²) in [6.07, 6.45) is 1.45. The first kappa shape index (κ1) is 20.0. The summed E-state index contributed by atoms with van der Waals surface area (Å²) in [5.74, 6) is 0.843. The summed E-state index contributed by atoms with van der Waals surface area (Å²) >= 11 is 0. The number of nitrogens with zero attached hydrogens (tertiary/aromatic N) is 1. The number of rotatable bonds is 7. The maximum absolute atomic E-state index is 12.2. The molecule has 2 aromatic carbocycles. The summed E-state index contributed by atoms with van der Waals surface area (Å²) in [5.41, 5.74) is 0.509. The summed E-state index contributed by atoms with van der Waals surface area (Å²) < 4.78 is 54.8. The smallest absolute Gasteiger partial charge is 0.240 e. The van der Waals surface area contributed by atoms with Gasteiger partial charge in [0.1, 0.15) is 11.5 Å². The highest BCUT2D eigenvalue weighted by Gasteiger charge is 2.13. The predicted molar refractivity (Wildman–Crippen MR) is 104 cm³/mol. The second kappa shape index (κ2) is 8.07. The summed E-state index contributed by atoms with van der Waals surface area (Å²) in [6.45, 7) is -0.00583. The van der Waals surface area contributed by atoms with Gasteiger partial charge in [-0.1, -0.05) is 18.2 Å². The molecular formula is C18H17N3O5S2. The van der Waals surface area contributed by atoms with Crippen LogP contribution in [0.5, 0.6) is 0 Å². The Morgan fingerprint density at radius 1 is 0.893 bits per heavy atom. The average Bonchev–Trinajstić information content (AvgIpc) is 3.13. The summed E-state index contributed by atoms with van der Waals surface area (Å²) in [6, 6.07) is 17.0. The van der Waals surface area contributed by atoms with E-state index in [1.165, 1.54) is 42.6 Å². The molecule has 0 spiro atoms. The van der Waals surface area contributed by atoms with Crippen molar-refractivity contribution in [3.05, 3.63) is 78.3 Å². The molecule has 10 heteroatoms. The van der Waals surface area contributed by atoms with Crippen molar-refractivity contribution >= 4 is 31.9 Å². The lowest BCUT2D eigenvalue weighted by Crippen LogP contribution is -2.22. The van der Waals surface area contributed by atoms with E-state index in [-0.39, 0.29) is 16.3 Å². The fourth-order valence-corrected chi connectivity index (χ4v) is 3.80. The zero-order valence-electron chi connectivity index (χ0n) is 14.5. The van der Waals surface area contributed by atoms with Crippen LogP contribution in [0.15, 0.2) is 85.9 Å². The molecule has 8 nitrogen and oxygen atoms in total. The number of aliphatic imine (C=N–C) groups is 1. The molecule has 146 valence electrons. The molecule has 3 aromatic rings. The van der Waals surface area contributed by atoms with Crippen LogP contribution >= 0.6 is 0 Å². The van der Waals surface area contributed by atoms with Crippen molar-refractivity contribution in [2.75, 3.05) is 0 Å². The fourth-order valence-electron chi connectivity index (χ4n) is 2.27. The number of furan rings is 1. The van der Waals surface area contributed by atoms with E-state index in [4.69, 9.17) is 9.56 Å². The van der Waals surface area contributed by atoms with Crippen LogP contribution in [0.4, 0.5) is 5.69 Å². The Morgan fingerprint density at radius 2 is 1.57 bits per heavy atom. The highest BCUT2D eigenvalue weighted by atomic mass is 32.2. The first-order valence-corrected chi connectivity index (χ1v) is 11.1. The monoisotopic (exact) mass is 419 g/mol. The van der Waals surface area contributed by atoms with Crippen LogP contribution in [0, 0.1) is 0 Å². The Kier molecular flexibility index (Phi) is 5.75. The van der Waals surface area contributed by atoms with Gasteiger partial charge < -0.3 is 4.42 Å². The highest BCUT2D eigenvalue weighted by Crippen LogP contribution is 2.16. The van der Waals surface area contributed by atoms with Crippen molar-refractivity contribution in [1.82, 2.24) is 4.72 Å². The highest BCUT2D eigenvalue weighted by molar-refractivity contribution is 7.89. The Bertz CT molecular complexity index is 1180. The molecule has 0 saturated carbocycles. The first-order chi connectivity index (χ1) is 13.2. The van der Waals surface area contributed by atoms with Crippen molar-refractivity contribution in [3.63, 3.8) is 0 Å². The molecule has 28 heavy (non-hydrogen) atoms. The summed E-state index contributed by atoms with van der Waals surface area (Å²) in [4.78, 5) is 4.35. The number of hydrogen-bond donors (Lipinski definition) is 2. The van der Waals surface area contributed by atoms with Crippen LogP contribution in [0.3, 0.4) is 0 Å². The quantitative estimate of drug-likeness (QED) is 0.566. The zero-order chi connectivity index (χ0) is 20.2. The molecule has 1 aromatic heterocycles. The van der Waals surface area contributed by atoms with Crippen LogP contribution < -0.4 is 9.86 Å². The van der Waals surface area contributed by atoms with Gasteiger partial charge in [-0.15, -0.1) is 0 Å². The van der Waals surface area contributed by atoms with E-state index < -0.39 is 20.0 Å². The molecule has 3 rings (SSSR count). The maximum atomic E-state index is 12.2. The molecule has 0 aliphatic heterocycles. The standard InChI is InChI=1S/C18H17N3O5S2/c19-27(22,23)17-10-6-14(7-11-17)20-12-15-8-9-16(26-15)13-21-28(24,25)18-4-2-1-3-5-18/h1-12,21H,13H2,(H2,19,22,23). The van der Waals surface area contributed by atoms with Gasteiger partial charge in [0, 0.05) is 0 Å². The summed E-state index contributed by atoms with van der Waals surface area (Å²) in [7, 11) is -7.37. The molecule has 1 heterocycles. The van der Waals surface area contributed by atoms with Gasteiger partial charge in [0.05, 0.1) is 28.2 Å². The van der Waals surface area contributed by atoms with Gasteiger partial charge in [-0.3, -0.25) is 4.99 Å². The van der Waals surface area contributed by atoms with Gasteiger partial charge in [0.15, 0.2) is 0 Å². The number of nitrogens with one attached hydrogen (secondary N) is 1. The minimum absolute atomic E-state index is 0.00238. The SMILES string of the molecule is NS(=O)(=O)c1ccc(N=Cc2ccc(CNS(=O)(=O)c3ccccc3)o2)cc1. The van der Waals surface area contributed by atoms with Crippen LogP contribution in [0.25, 0.3) is 0 Å². The van der Waals surface area contributed by atoms with Crippen LogP contribution in [0.1, 0.15) is 11.5 Å². The van der Waals surface area contributed by atoms with Crippen LogP contribution in [0.2, 0.25) is 0 Å². The van der Waals surface area contributed by atoms with E-state index in [0.29, 0.717) is 17.2 Å². The van der Waals surface area contributed by atoms with Crippen LogP contribution in [-0.4, -0.2) is 23.1 Å². The van der Waals surface area contributed by atoms with E-state index in [9.17, 15) is 16.8 Å². The van der Waals surface area contributed by atoms with E-state index >= 15 is 0 Å². The maximum Gasteiger partial charge on any atom is 0.240 e. The number of primary sulfonamides is 1. The van der Waals surface area contributed by atoms with Crippen molar-refractivity contribution in [2.45, 2.75) is 16.3 Å². The molecule has 0 atom stereocenters. The molecule has 0 aliphatic rings. The topological polar surface area (TPSA) is 132 Å². The van der Waals surface area contributed by atoms with Gasteiger partial charge in [0.2, 0.25) is 20.0 Å². The van der Waals surface area contributed by atoms with Crippen molar-refractivity contribution < 1.29 is 21.3 Å². The van der Waals surface area contributed by atoms with Gasteiger partial charge in [-0.2, -0.15) is 0 Å². The number of hydrogen-bond acceptors (Lipinski definition) is 6. The minimum Gasteiger partial charge on any atom is -0.459 e. The molecule has 0 unspecified atom stereocenters. The lowest BCUT2D eigenvalue weighted by Gasteiger charge is -2.04. The van der Waals surface area contributed by atoms with E-state index in [1.54, 1.807) is 30.3 Å². The molecule has 0 radical (unpaired) electrons. The first-order valence-electron chi connectivity index (χ1n) is 8.04. The Morgan fingerprint density at radius 3 is 2.21 bits per heavy atom. The van der Waals surface area contributed by atoms with Crippen molar-refractivity contribution in [1.29, 1.82) is 0 Å². The third-order valence-corrected chi connectivity index (χ3v) is 6.02. The van der Waals surface area contributed by atoms with Gasteiger partial charge >= 0.3 is 0 Å². The molecule has 0 amide bonds. The lowest BCUT2D eigenvalue weighted by atomic mass is 10.3. The number of sulfonamides is 2. The average molecular weight is 419 g/mol. The summed E-state index contributed by atoms with van der Waals surface area (Å²) in [5, 5.41) is 5.04. The normalized spacial score (nSPS) is 12.5. The fraction of sp³-hybridized carbons (Fsp3) is 0.0556. The molecule has 0 aliphatic carbocycles. The second-order valence-electron chi connectivity index (χ2n) is 5.74. The lowest BCUT2D eigenvalue weighted by molar-refractivity contribution is 0.494. The van der Waals surface area contributed by atoms with Crippen molar-refractivity contribution in [2.24, 2.45) is 10.1 Å². The third kappa shape index (κ3) is 5.14. The Balaban J connectivity index is 1.63. The van der Waals surface area contributed by atoms with Crippen molar-refractivity contribution in [3.8, 4) is 0 Å². The predicted octanol–water partition coefficient (Wildman–Crippen LogP) is 2.16. The van der Waals surface area contributed by atoms with E-state index in [0.717, 1.165) is 0 Å². The Labute approximate surface area is 162 Å². The second-order valence-corrected chi connectivity index (χ2v) is 9.07. The largest absolute Gasteiger partial charge is 0.459 e. The van der Waals surface area contributed by atoms with E-state index in [1.807, 2.05) is 0 Å². The van der Waals surface area contributed by atoms with Crippen LogP contribution in [-0.2, 0) is 26.6 Å². The molecule has 0 fully saturated rings. The Hall–Kier alpha value is -2.79. The number of nitrogens with two attached hydrogens (primary N) is 1. The molecule has 0 bridgehead atoms.